The lowest BCUT2D eigenvalue weighted by Gasteiger charge is -2.21. The zero-order valence-corrected chi connectivity index (χ0v) is 12.7. The molecule has 3 N–H and O–H groups in total. The van der Waals surface area contributed by atoms with Crippen LogP contribution < -0.4 is 20.5 Å². The Bertz CT molecular complexity index is 659. The number of anilines is 3. The van der Waals surface area contributed by atoms with Crippen molar-refractivity contribution in [1.82, 2.24) is 0 Å². The van der Waals surface area contributed by atoms with Gasteiger partial charge in [0.2, 0.25) is 0 Å². The van der Waals surface area contributed by atoms with E-state index in [0.29, 0.717) is 24.7 Å². The first-order valence-corrected chi connectivity index (χ1v) is 7.15. The molecule has 1 aliphatic heterocycles. The lowest BCUT2D eigenvalue weighted by molar-refractivity contribution is 0.172. The molecular formula is C15H15BrN2O2. The van der Waals surface area contributed by atoms with Gasteiger partial charge in [0.25, 0.3) is 0 Å². The third-order valence-electron chi connectivity index (χ3n) is 3.25. The third kappa shape index (κ3) is 2.41. The summed E-state index contributed by atoms with van der Waals surface area (Å²) in [5.74, 6) is 1.42. The van der Waals surface area contributed by atoms with Gasteiger partial charge in [-0.15, -0.1) is 0 Å². The maximum atomic E-state index is 6.07. The number of fused-ring (bicyclic) bond motifs is 1. The summed E-state index contributed by atoms with van der Waals surface area (Å²) in [6.45, 7) is 3.16. The number of rotatable bonds is 2. The van der Waals surface area contributed by atoms with E-state index in [9.17, 15) is 0 Å². The molecule has 0 radical (unpaired) electrons. The van der Waals surface area contributed by atoms with E-state index < -0.39 is 0 Å². The Balaban J connectivity index is 1.96. The second-order valence-corrected chi connectivity index (χ2v) is 5.47. The normalized spacial score (nSPS) is 13.1. The molecule has 1 aliphatic rings. The number of hydrogen-bond acceptors (Lipinski definition) is 4. The minimum absolute atomic E-state index is 0.559. The van der Waals surface area contributed by atoms with Crippen molar-refractivity contribution in [2.75, 3.05) is 24.3 Å². The summed E-state index contributed by atoms with van der Waals surface area (Å²) in [5, 5.41) is 3.34. The van der Waals surface area contributed by atoms with Crippen LogP contribution in [0.5, 0.6) is 11.5 Å². The molecule has 20 heavy (non-hydrogen) atoms. The predicted octanol–water partition coefficient (Wildman–Crippen LogP) is 3.85. The molecule has 0 aliphatic carbocycles. The largest absolute Gasteiger partial charge is 0.486 e. The first-order valence-electron chi connectivity index (χ1n) is 6.36. The Morgan fingerprint density at radius 1 is 1.10 bits per heavy atom. The molecule has 0 unspecified atom stereocenters. The zero-order chi connectivity index (χ0) is 14.1. The number of ether oxygens (including phenoxy) is 2. The molecule has 104 valence electrons. The Morgan fingerprint density at radius 3 is 2.55 bits per heavy atom. The smallest absolute Gasteiger partial charge is 0.163 e. The Hall–Kier alpha value is -1.88. The molecule has 4 nitrogen and oxygen atoms in total. The molecule has 0 saturated carbocycles. The van der Waals surface area contributed by atoms with E-state index >= 15 is 0 Å². The van der Waals surface area contributed by atoms with Crippen LogP contribution >= 0.6 is 15.9 Å². The SMILES string of the molecule is Cc1c(Br)cccc1Nc1cc2c(cc1N)OCCO2. The molecule has 2 aromatic rings. The Kier molecular flexibility index (Phi) is 3.44. The van der Waals surface area contributed by atoms with Crippen molar-refractivity contribution < 1.29 is 9.47 Å². The van der Waals surface area contributed by atoms with Crippen LogP contribution in [-0.2, 0) is 0 Å². The van der Waals surface area contributed by atoms with Crippen LogP contribution in [0.3, 0.4) is 0 Å². The van der Waals surface area contributed by atoms with Crippen LogP contribution in [0, 0.1) is 6.92 Å². The van der Waals surface area contributed by atoms with Crippen molar-refractivity contribution >= 4 is 33.0 Å². The number of nitrogens with one attached hydrogen (secondary N) is 1. The standard InChI is InChI=1S/C15H15BrN2O2/c1-9-10(16)3-2-4-12(9)18-13-8-15-14(7-11(13)17)19-5-6-20-15/h2-4,7-8,18H,5-6,17H2,1H3. The van der Waals surface area contributed by atoms with E-state index in [4.69, 9.17) is 15.2 Å². The Morgan fingerprint density at radius 2 is 1.80 bits per heavy atom. The molecule has 0 aromatic heterocycles. The average molecular weight is 335 g/mol. The summed E-state index contributed by atoms with van der Waals surface area (Å²) < 4.78 is 12.1. The fraction of sp³-hybridized carbons (Fsp3) is 0.200. The van der Waals surface area contributed by atoms with Crippen molar-refractivity contribution in [2.24, 2.45) is 0 Å². The maximum Gasteiger partial charge on any atom is 0.163 e. The number of halogens is 1. The molecule has 0 saturated heterocycles. The molecule has 0 fully saturated rings. The molecule has 0 spiro atoms. The molecular weight excluding hydrogens is 320 g/mol. The quantitative estimate of drug-likeness (QED) is 0.819. The second-order valence-electron chi connectivity index (χ2n) is 4.62. The van der Waals surface area contributed by atoms with Gasteiger partial charge in [-0.3, -0.25) is 0 Å². The zero-order valence-electron chi connectivity index (χ0n) is 11.1. The number of nitrogen functional groups attached to an aromatic ring is 1. The van der Waals surface area contributed by atoms with Crippen molar-refractivity contribution in [3.05, 3.63) is 40.4 Å². The van der Waals surface area contributed by atoms with Gasteiger partial charge in [-0.1, -0.05) is 22.0 Å². The summed E-state index contributed by atoms with van der Waals surface area (Å²) in [6.07, 6.45) is 0. The maximum absolute atomic E-state index is 6.07. The molecule has 1 heterocycles. The highest BCUT2D eigenvalue weighted by atomic mass is 79.9. The van der Waals surface area contributed by atoms with Gasteiger partial charge in [0.05, 0.1) is 11.4 Å². The van der Waals surface area contributed by atoms with Crippen LogP contribution in [0.1, 0.15) is 5.56 Å². The van der Waals surface area contributed by atoms with Crippen LogP contribution in [-0.4, -0.2) is 13.2 Å². The first kappa shape index (κ1) is 13.1. The highest BCUT2D eigenvalue weighted by Gasteiger charge is 2.15. The molecule has 2 aromatic carbocycles. The van der Waals surface area contributed by atoms with Gasteiger partial charge in [0.15, 0.2) is 11.5 Å². The van der Waals surface area contributed by atoms with Gasteiger partial charge in [0, 0.05) is 22.3 Å². The highest BCUT2D eigenvalue weighted by Crippen LogP contribution is 2.38. The van der Waals surface area contributed by atoms with Gasteiger partial charge in [0.1, 0.15) is 13.2 Å². The highest BCUT2D eigenvalue weighted by molar-refractivity contribution is 9.10. The third-order valence-corrected chi connectivity index (χ3v) is 4.11. The molecule has 3 rings (SSSR count). The van der Waals surface area contributed by atoms with Crippen molar-refractivity contribution in [3.63, 3.8) is 0 Å². The van der Waals surface area contributed by atoms with Crippen molar-refractivity contribution in [1.29, 1.82) is 0 Å². The molecule has 0 bridgehead atoms. The van der Waals surface area contributed by atoms with E-state index in [1.54, 1.807) is 6.07 Å². The first-order chi connectivity index (χ1) is 9.65. The van der Waals surface area contributed by atoms with Crippen LogP contribution in [0.25, 0.3) is 0 Å². The van der Waals surface area contributed by atoms with Crippen LogP contribution in [0.4, 0.5) is 17.1 Å². The summed E-state index contributed by atoms with van der Waals surface area (Å²) in [7, 11) is 0. The van der Waals surface area contributed by atoms with Gasteiger partial charge < -0.3 is 20.5 Å². The molecule has 0 atom stereocenters. The van der Waals surface area contributed by atoms with Crippen LogP contribution in [0.15, 0.2) is 34.8 Å². The fourth-order valence-electron chi connectivity index (χ4n) is 2.10. The van der Waals surface area contributed by atoms with Gasteiger partial charge in [-0.2, -0.15) is 0 Å². The average Bonchev–Trinajstić information content (AvgIpc) is 2.44. The lowest BCUT2D eigenvalue weighted by Crippen LogP contribution is -2.15. The topological polar surface area (TPSA) is 56.5 Å². The van der Waals surface area contributed by atoms with E-state index in [-0.39, 0.29) is 0 Å². The van der Waals surface area contributed by atoms with Crippen molar-refractivity contribution in [3.8, 4) is 11.5 Å². The monoisotopic (exact) mass is 334 g/mol. The van der Waals surface area contributed by atoms with E-state index in [0.717, 1.165) is 27.2 Å². The second kappa shape index (κ2) is 5.25. The molecule has 0 amide bonds. The summed E-state index contributed by atoms with van der Waals surface area (Å²) >= 11 is 3.52. The Labute approximate surface area is 126 Å². The van der Waals surface area contributed by atoms with E-state index in [2.05, 4.69) is 21.2 Å². The number of benzene rings is 2. The summed E-state index contributed by atoms with van der Waals surface area (Å²) in [6, 6.07) is 9.67. The fourth-order valence-corrected chi connectivity index (χ4v) is 2.47. The van der Waals surface area contributed by atoms with Crippen LogP contribution in [0.2, 0.25) is 0 Å². The van der Waals surface area contributed by atoms with Gasteiger partial charge >= 0.3 is 0 Å². The van der Waals surface area contributed by atoms with E-state index in [1.807, 2.05) is 31.2 Å². The summed E-state index contributed by atoms with van der Waals surface area (Å²) in [5.41, 5.74) is 9.65. The van der Waals surface area contributed by atoms with Gasteiger partial charge in [-0.05, 0) is 24.6 Å². The van der Waals surface area contributed by atoms with E-state index in [1.165, 1.54) is 0 Å². The lowest BCUT2D eigenvalue weighted by atomic mass is 10.1. The van der Waals surface area contributed by atoms with Crippen molar-refractivity contribution in [2.45, 2.75) is 6.92 Å². The predicted molar refractivity (Wildman–Crippen MR) is 84.0 cm³/mol. The number of nitrogens with two attached hydrogens (primary N) is 1. The van der Waals surface area contributed by atoms with Gasteiger partial charge in [-0.25, -0.2) is 0 Å². The number of hydrogen-bond donors (Lipinski definition) is 2. The molecule has 5 heteroatoms. The minimum Gasteiger partial charge on any atom is -0.486 e. The summed E-state index contributed by atoms with van der Waals surface area (Å²) in [4.78, 5) is 0. The minimum atomic E-state index is 0.559.